The minimum absolute atomic E-state index is 0.00431. The van der Waals surface area contributed by atoms with Crippen molar-refractivity contribution in [2.24, 2.45) is 0 Å². The second kappa shape index (κ2) is 7.38. The molecule has 2 rings (SSSR count). The summed E-state index contributed by atoms with van der Waals surface area (Å²) in [5.74, 6) is -1.21. The summed E-state index contributed by atoms with van der Waals surface area (Å²) >= 11 is 0. The van der Waals surface area contributed by atoms with Crippen molar-refractivity contribution in [3.63, 3.8) is 0 Å². The molecule has 0 spiro atoms. The normalized spacial score (nSPS) is 13.8. The van der Waals surface area contributed by atoms with Crippen LogP contribution in [0, 0.1) is 0 Å². The van der Waals surface area contributed by atoms with E-state index in [2.05, 4.69) is 5.32 Å². The lowest BCUT2D eigenvalue weighted by Gasteiger charge is -2.33. The van der Waals surface area contributed by atoms with Crippen LogP contribution in [0.3, 0.4) is 0 Å². The molecule has 2 aromatic rings. The van der Waals surface area contributed by atoms with E-state index in [4.69, 9.17) is 4.74 Å². The Bertz CT molecular complexity index is 659. The fourth-order valence-corrected chi connectivity index (χ4v) is 2.28. The van der Waals surface area contributed by atoms with Crippen LogP contribution in [0.2, 0.25) is 0 Å². The smallest absolute Gasteiger partial charge is 0.437 e. The van der Waals surface area contributed by atoms with E-state index >= 15 is 0 Å². The van der Waals surface area contributed by atoms with Gasteiger partial charge in [-0.15, -0.1) is 0 Å². The molecule has 0 saturated heterocycles. The van der Waals surface area contributed by atoms with Crippen LogP contribution in [0.5, 0.6) is 5.75 Å². The summed E-state index contributed by atoms with van der Waals surface area (Å²) in [6, 6.07) is 16.3. The number of rotatable bonds is 6. The van der Waals surface area contributed by atoms with Gasteiger partial charge in [0.2, 0.25) is 0 Å². The zero-order chi connectivity index (χ0) is 17.6. The molecule has 0 aromatic heterocycles. The molecule has 0 bridgehead atoms. The number of amides is 1. The lowest BCUT2D eigenvalue weighted by molar-refractivity contribution is -0.243. The topological polar surface area (TPSA) is 38.3 Å². The highest BCUT2D eigenvalue weighted by molar-refractivity contribution is 5.86. The number of halogens is 3. The van der Waals surface area contributed by atoms with Gasteiger partial charge >= 0.3 is 6.18 Å². The van der Waals surface area contributed by atoms with Gasteiger partial charge in [-0.2, -0.15) is 13.2 Å². The lowest BCUT2D eigenvalue weighted by Crippen LogP contribution is -2.60. The molecule has 24 heavy (non-hydrogen) atoms. The summed E-state index contributed by atoms with van der Waals surface area (Å²) in [5.41, 5.74) is -2.22. The average molecular weight is 337 g/mol. The molecule has 0 heterocycles. The largest absolute Gasteiger partial charge is 0.468 e. The van der Waals surface area contributed by atoms with Gasteiger partial charge in [0.05, 0.1) is 0 Å². The standard InChI is InChI=1S/C18H18F3NO2/c1-2-17(18(19,20)21,24-15-11-7-4-8-12-15)16(23)22-13-14-9-5-3-6-10-14/h3-12H,2,13H2,1H3,(H,22,23). The van der Waals surface area contributed by atoms with Crippen molar-refractivity contribution in [3.05, 3.63) is 66.2 Å². The Morgan fingerprint density at radius 2 is 1.54 bits per heavy atom. The summed E-state index contributed by atoms with van der Waals surface area (Å²) in [6.07, 6.45) is -5.38. The van der Waals surface area contributed by atoms with E-state index in [1.54, 1.807) is 48.5 Å². The van der Waals surface area contributed by atoms with Crippen LogP contribution in [0.25, 0.3) is 0 Å². The van der Waals surface area contributed by atoms with Gasteiger partial charge in [0, 0.05) is 13.0 Å². The predicted octanol–water partition coefficient (Wildman–Crippen LogP) is 4.09. The van der Waals surface area contributed by atoms with Crippen LogP contribution in [0.15, 0.2) is 60.7 Å². The zero-order valence-electron chi connectivity index (χ0n) is 13.1. The third-order valence-electron chi connectivity index (χ3n) is 3.65. The second-order valence-electron chi connectivity index (χ2n) is 5.26. The van der Waals surface area contributed by atoms with E-state index < -0.39 is 24.1 Å². The summed E-state index contributed by atoms with van der Waals surface area (Å²) in [6.45, 7) is 1.27. The quantitative estimate of drug-likeness (QED) is 0.862. The maximum Gasteiger partial charge on any atom is 0.437 e. The van der Waals surface area contributed by atoms with E-state index in [9.17, 15) is 18.0 Å². The molecule has 0 aliphatic rings. The van der Waals surface area contributed by atoms with Gasteiger partial charge in [-0.05, 0) is 17.7 Å². The van der Waals surface area contributed by atoms with Crippen LogP contribution in [0.1, 0.15) is 18.9 Å². The van der Waals surface area contributed by atoms with E-state index in [0.29, 0.717) is 5.56 Å². The summed E-state index contributed by atoms with van der Waals surface area (Å²) < 4.78 is 46.1. The van der Waals surface area contributed by atoms with E-state index in [-0.39, 0.29) is 12.3 Å². The minimum Gasteiger partial charge on any atom is -0.468 e. The predicted molar refractivity (Wildman–Crippen MR) is 84.4 cm³/mol. The molecule has 0 fully saturated rings. The maximum absolute atomic E-state index is 13.7. The fourth-order valence-electron chi connectivity index (χ4n) is 2.28. The summed E-state index contributed by atoms with van der Waals surface area (Å²) in [5, 5.41) is 2.33. The number of benzene rings is 2. The molecule has 1 N–H and O–H groups in total. The number of carbonyl (C=O) groups excluding carboxylic acids is 1. The summed E-state index contributed by atoms with van der Waals surface area (Å²) in [4.78, 5) is 12.4. The molecule has 0 aliphatic carbocycles. The Morgan fingerprint density at radius 3 is 2.04 bits per heavy atom. The van der Waals surface area contributed by atoms with Gasteiger partial charge in [0.15, 0.2) is 0 Å². The zero-order valence-corrected chi connectivity index (χ0v) is 13.1. The van der Waals surface area contributed by atoms with E-state index in [1.807, 2.05) is 0 Å². The van der Waals surface area contributed by atoms with Crippen molar-refractivity contribution in [2.75, 3.05) is 0 Å². The third-order valence-corrected chi connectivity index (χ3v) is 3.65. The molecular weight excluding hydrogens is 319 g/mol. The third kappa shape index (κ3) is 3.88. The van der Waals surface area contributed by atoms with Crippen molar-refractivity contribution < 1.29 is 22.7 Å². The highest BCUT2D eigenvalue weighted by Gasteiger charge is 2.61. The molecule has 1 amide bonds. The lowest BCUT2D eigenvalue weighted by atomic mass is 9.98. The number of ether oxygens (including phenoxy) is 1. The number of para-hydroxylation sites is 1. The number of alkyl halides is 3. The van der Waals surface area contributed by atoms with E-state index in [1.165, 1.54) is 19.1 Å². The Labute approximate surface area is 138 Å². The molecule has 2 aromatic carbocycles. The molecule has 1 atom stereocenters. The first-order valence-corrected chi connectivity index (χ1v) is 7.52. The Balaban J connectivity index is 2.23. The monoisotopic (exact) mass is 337 g/mol. The number of hydrogen-bond donors (Lipinski definition) is 1. The number of hydrogen-bond acceptors (Lipinski definition) is 2. The SMILES string of the molecule is CCC(Oc1ccccc1)(C(=O)NCc1ccccc1)C(F)(F)F. The molecule has 0 aliphatic heterocycles. The van der Waals surface area contributed by atoms with Crippen molar-refractivity contribution in [1.29, 1.82) is 0 Å². The van der Waals surface area contributed by atoms with Crippen LogP contribution >= 0.6 is 0 Å². The molecule has 128 valence electrons. The van der Waals surface area contributed by atoms with Crippen molar-refractivity contribution >= 4 is 5.91 Å². The minimum atomic E-state index is -4.85. The highest BCUT2D eigenvalue weighted by atomic mass is 19.4. The molecule has 0 radical (unpaired) electrons. The van der Waals surface area contributed by atoms with Gasteiger partial charge in [0.25, 0.3) is 11.5 Å². The first kappa shape index (κ1) is 17.8. The molecule has 0 saturated carbocycles. The Morgan fingerprint density at radius 1 is 1.00 bits per heavy atom. The molecule has 6 heteroatoms. The molecule has 3 nitrogen and oxygen atoms in total. The molecular formula is C18H18F3NO2. The number of carbonyl (C=O) groups is 1. The van der Waals surface area contributed by atoms with Crippen LogP contribution in [-0.2, 0) is 11.3 Å². The molecule has 1 unspecified atom stereocenters. The maximum atomic E-state index is 13.7. The Hall–Kier alpha value is -2.50. The van der Waals surface area contributed by atoms with Gasteiger partial charge in [0.1, 0.15) is 5.75 Å². The van der Waals surface area contributed by atoms with E-state index in [0.717, 1.165) is 0 Å². The van der Waals surface area contributed by atoms with Crippen molar-refractivity contribution in [2.45, 2.75) is 31.7 Å². The van der Waals surface area contributed by atoms with Gasteiger partial charge in [-0.3, -0.25) is 4.79 Å². The van der Waals surface area contributed by atoms with Crippen molar-refractivity contribution in [3.8, 4) is 5.75 Å². The summed E-state index contributed by atoms with van der Waals surface area (Å²) in [7, 11) is 0. The number of nitrogens with one attached hydrogen (secondary N) is 1. The Kier molecular flexibility index (Phi) is 5.49. The first-order valence-electron chi connectivity index (χ1n) is 7.52. The second-order valence-corrected chi connectivity index (χ2v) is 5.26. The van der Waals surface area contributed by atoms with Crippen molar-refractivity contribution in [1.82, 2.24) is 5.32 Å². The average Bonchev–Trinajstić information content (AvgIpc) is 2.58. The van der Waals surface area contributed by atoms with Gasteiger partial charge < -0.3 is 10.1 Å². The van der Waals surface area contributed by atoms with Crippen LogP contribution < -0.4 is 10.1 Å². The first-order chi connectivity index (χ1) is 11.4. The highest BCUT2D eigenvalue weighted by Crippen LogP contribution is 2.37. The van der Waals surface area contributed by atoms with Crippen LogP contribution in [0.4, 0.5) is 13.2 Å². The van der Waals surface area contributed by atoms with Crippen LogP contribution in [-0.4, -0.2) is 17.7 Å². The van der Waals surface area contributed by atoms with Gasteiger partial charge in [-0.25, -0.2) is 0 Å². The fraction of sp³-hybridized carbons (Fsp3) is 0.278. The van der Waals surface area contributed by atoms with Gasteiger partial charge in [-0.1, -0.05) is 55.5 Å².